The topological polar surface area (TPSA) is 41.9 Å². The van der Waals surface area contributed by atoms with Crippen LogP contribution in [0.1, 0.15) is 25.7 Å². The number of rotatable bonds is 1. The number of piperidine rings is 1. The minimum Gasteiger partial charge on any atom is -0.394 e. The van der Waals surface area contributed by atoms with E-state index >= 15 is 0 Å². The zero-order valence-electron chi connectivity index (χ0n) is 9.19. The number of ether oxygens (including phenoxy) is 2. The predicted molar refractivity (Wildman–Crippen MR) is 54.4 cm³/mol. The van der Waals surface area contributed by atoms with Crippen LogP contribution in [0.3, 0.4) is 0 Å². The summed E-state index contributed by atoms with van der Waals surface area (Å²) in [6.45, 7) is 0.632. The Labute approximate surface area is 90.2 Å². The van der Waals surface area contributed by atoms with Gasteiger partial charge in [-0.2, -0.15) is 0 Å². The van der Waals surface area contributed by atoms with Crippen molar-refractivity contribution in [3.8, 4) is 0 Å². The van der Waals surface area contributed by atoms with Crippen LogP contribution >= 0.6 is 0 Å². The largest absolute Gasteiger partial charge is 0.394 e. The van der Waals surface area contributed by atoms with Crippen molar-refractivity contribution in [3.63, 3.8) is 0 Å². The van der Waals surface area contributed by atoms with Gasteiger partial charge in [-0.25, -0.2) is 0 Å². The summed E-state index contributed by atoms with van der Waals surface area (Å²) in [5.74, 6) is -0.369. The molecule has 0 radical (unpaired) electrons. The molecule has 1 spiro atoms. The van der Waals surface area contributed by atoms with Gasteiger partial charge in [-0.1, -0.05) is 0 Å². The van der Waals surface area contributed by atoms with Crippen LogP contribution in [0.15, 0.2) is 0 Å². The molecule has 0 aliphatic carbocycles. The molecule has 3 aliphatic heterocycles. The van der Waals surface area contributed by atoms with E-state index in [9.17, 15) is 0 Å². The first kappa shape index (κ1) is 10.0. The SMILES string of the molecule is CN1C2CCC1CC1(C2)OCC(CO)O1. The zero-order chi connectivity index (χ0) is 10.5. The fraction of sp³-hybridized carbons (Fsp3) is 1.00. The van der Waals surface area contributed by atoms with E-state index < -0.39 is 0 Å². The van der Waals surface area contributed by atoms with Gasteiger partial charge in [0.25, 0.3) is 0 Å². The number of aliphatic hydroxyl groups is 1. The summed E-state index contributed by atoms with van der Waals surface area (Å²) in [6.07, 6.45) is 4.36. The molecule has 86 valence electrons. The van der Waals surface area contributed by atoms with E-state index in [1.54, 1.807) is 0 Å². The zero-order valence-corrected chi connectivity index (χ0v) is 9.19. The normalized spacial score (nSPS) is 50.4. The van der Waals surface area contributed by atoms with Crippen molar-refractivity contribution in [1.29, 1.82) is 0 Å². The van der Waals surface area contributed by atoms with Crippen molar-refractivity contribution in [3.05, 3.63) is 0 Å². The number of aliphatic hydroxyl groups excluding tert-OH is 1. The van der Waals surface area contributed by atoms with Crippen molar-refractivity contribution in [2.45, 2.75) is 49.7 Å². The summed E-state index contributed by atoms with van der Waals surface area (Å²) in [4.78, 5) is 2.46. The first-order valence-corrected chi connectivity index (χ1v) is 5.87. The highest BCUT2D eigenvalue weighted by molar-refractivity contribution is 4.99. The monoisotopic (exact) mass is 213 g/mol. The summed E-state index contributed by atoms with van der Waals surface area (Å²) in [5, 5.41) is 9.06. The van der Waals surface area contributed by atoms with Gasteiger partial charge >= 0.3 is 0 Å². The van der Waals surface area contributed by atoms with Gasteiger partial charge in [0.1, 0.15) is 6.10 Å². The maximum atomic E-state index is 9.06. The Kier molecular flexibility index (Phi) is 2.28. The van der Waals surface area contributed by atoms with Crippen molar-refractivity contribution < 1.29 is 14.6 Å². The molecule has 3 aliphatic rings. The predicted octanol–water partition coefficient (Wildman–Crippen LogP) is 0.347. The lowest BCUT2D eigenvalue weighted by atomic mass is 9.97. The molecule has 3 rings (SSSR count). The van der Waals surface area contributed by atoms with Crippen LogP contribution in [0.2, 0.25) is 0 Å². The van der Waals surface area contributed by atoms with Gasteiger partial charge in [-0.05, 0) is 19.9 Å². The molecule has 3 saturated heterocycles. The molecule has 15 heavy (non-hydrogen) atoms. The van der Waals surface area contributed by atoms with Gasteiger partial charge in [0.15, 0.2) is 5.79 Å². The Bertz CT molecular complexity index is 244. The van der Waals surface area contributed by atoms with Crippen LogP contribution in [0.25, 0.3) is 0 Å². The second-order valence-electron chi connectivity index (χ2n) is 5.10. The first-order chi connectivity index (χ1) is 7.22. The molecule has 0 aromatic heterocycles. The summed E-state index contributed by atoms with van der Waals surface area (Å²) >= 11 is 0. The molecule has 0 amide bonds. The Morgan fingerprint density at radius 3 is 2.53 bits per heavy atom. The standard InChI is InChI=1S/C11H19NO3/c1-12-8-2-3-9(12)5-11(4-8)14-7-10(6-13)15-11/h8-10,13H,2-7H2,1H3. The third-order valence-corrected chi connectivity index (χ3v) is 4.20. The molecule has 3 unspecified atom stereocenters. The van der Waals surface area contributed by atoms with Gasteiger partial charge in [0.2, 0.25) is 0 Å². The second-order valence-corrected chi connectivity index (χ2v) is 5.10. The summed E-state index contributed by atoms with van der Waals surface area (Å²) in [6, 6.07) is 1.22. The Morgan fingerprint density at radius 1 is 1.33 bits per heavy atom. The van der Waals surface area contributed by atoms with Crippen molar-refractivity contribution in [2.75, 3.05) is 20.3 Å². The highest BCUT2D eigenvalue weighted by Gasteiger charge is 2.52. The van der Waals surface area contributed by atoms with Crippen molar-refractivity contribution in [1.82, 2.24) is 4.90 Å². The van der Waals surface area contributed by atoms with Gasteiger partial charge in [0, 0.05) is 24.9 Å². The average molecular weight is 213 g/mol. The van der Waals surface area contributed by atoms with Gasteiger partial charge in [0.05, 0.1) is 13.2 Å². The van der Waals surface area contributed by atoms with E-state index in [0.29, 0.717) is 18.7 Å². The van der Waals surface area contributed by atoms with Crippen LogP contribution < -0.4 is 0 Å². The van der Waals surface area contributed by atoms with Crippen molar-refractivity contribution in [2.24, 2.45) is 0 Å². The fourth-order valence-electron chi connectivity index (χ4n) is 3.30. The summed E-state index contributed by atoms with van der Waals surface area (Å²) < 4.78 is 11.7. The lowest BCUT2D eigenvalue weighted by Gasteiger charge is -2.41. The third-order valence-electron chi connectivity index (χ3n) is 4.20. The number of hydrogen-bond acceptors (Lipinski definition) is 4. The van der Waals surface area contributed by atoms with Crippen LogP contribution in [0.4, 0.5) is 0 Å². The molecule has 0 saturated carbocycles. The number of hydrogen-bond donors (Lipinski definition) is 1. The molecule has 1 N–H and O–H groups in total. The molecule has 0 aromatic carbocycles. The van der Waals surface area contributed by atoms with Crippen LogP contribution in [-0.4, -0.2) is 54.2 Å². The maximum absolute atomic E-state index is 9.06. The molecule has 2 bridgehead atoms. The van der Waals surface area contributed by atoms with E-state index in [4.69, 9.17) is 14.6 Å². The average Bonchev–Trinajstić information content (AvgIpc) is 2.69. The van der Waals surface area contributed by atoms with Crippen molar-refractivity contribution >= 4 is 0 Å². The number of fused-ring (bicyclic) bond motifs is 2. The molecule has 0 aromatic rings. The molecular formula is C11H19NO3. The third kappa shape index (κ3) is 1.51. The maximum Gasteiger partial charge on any atom is 0.171 e. The van der Waals surface area contributed by atoms with E-state index in [1.165, 1.54) is 12.8 Å². The van der Waals surface area contributed by atoms with Gasteiger partial charge in [-0.3, -0.25) is 0 Å². The minimum absolute atomic E-state index is 0.0763. The highest BCUT2D eigenvalue weighted by atomic mass is 16.7. The van der Waals surface area contributed by atoms with Gasteiger partial charge in [-0.15, -0.1) is 0 Å². The Hall–Kier alpha value is -0.160. The van der Waals surface area contributed by atoms with Crippen LogP contribution in [-0.2, 0) is 9.47 Å². The smallest absolute Gasteiger partial charge is 0.171 e. The van der Waals surface area contributed by atoms with Crippen LogP contribution in [0.5, 0.6) is 0 Å². The van der Waals surface area contributed by atoms with E-state index in [0.717, 1.165) is 12.8 Å². The molecule has 3 heterocycles. The molecular weight excluding hydrogens is 194 g/mol. The summed E-state index contributed by atoms with van der Waals surface area (Å²) in [7, 11) is 2.20. The van der Waals surface area contributed by atoms with Crippen LogP contribution in [0, 0.1) is 0 Å². The van der Waals surface area contributed by atoms with Gasteiger partial charge < -0.3 is 19.5 Å². The molecule has 4 nitrogen and oxygen atoms in total. The fourth-order valence-corrected chi connectivity index (χ4v) is 3.30. The van der Waals surface area contributed by atoms with E-state index in [-0.39, 0.29) is 18.5 Å². The minimum atomic E-state index is -0.369. The molecule has 4 heteroatoms. The first-order valence-electron chi connectivity index (χ1n) is 5.87. The lowest BCUT2D eigenvalue weighted by Crippen LogP contribution is -2.50. The molecule has 3 fully saturated rings. The Morgan fingerprint density at radius 2 is 2.00 bits per heavy atom. The molecule has 3 atom stereocenters. The van der Waals surface area contributed by atoms with E-state index in [2.05, 4.69) is 11.9 Å². The number of nitrogens with zero attached hydrogens (tertiary/aromatic N) is 1. The lowest BCUT2D eigenvalue weighted by molar-refractivity contribution is -0.208. The second kappa shape index (κ2) is 3.42. The highest BCUT2D eigenvalue weighted by Crippen LogP contribution is 2.44. The summed E-state index contributed by atoms with van der Waals surface area (Å²) in [5.41, 5.74) is 0. The quantitative estimate of drug-likeness (QED) is 0.682. The van der Waals surface area contributed by atoms with E-state index in [1.807, 2.05) is 0 Å². The Balaban J connectivity index is 1.74.